The minimum Gasteiger partial charge on any atom is -0.406 e. The van der Waals surface area contributed by atoms with Crippen LogP contribution in [0.1, 0.15) is 23.6 Å². The lowest BCUT2D eigenvalue weighted by molar-refractivity contribution is -0.274. The van der Waals surface area contributed by atoms with Gasteiger partial charge in [-0.15, -0.1) is 13.2 Å². The van der Waals surface area contributed by atoms with Gasteiger partial charge in [-0.25, -0.2) is 9.97 Å². The third kappa shape index (κ3) is 3.98. The second kappa shape index (κ2) is 7.44. The van der Waals surface area contributed by atoms with Crippen LogP contribution in [0, 0.1) is 0 Å². The van der Waals surface area contributed by atoms with Gasteiger partial charge in [0.1, 0.15) is 12.1 Å². The molecule has 0 aliphatic carbocycles. The Morgan fingerprint density at radius 3 is 2.57 bits per heavy atom. The lowest BCUT2D eigenvalue weighted by atomic mass is 9.72. The SMILES string of the molecule is CC1(Cc2cncnc2)C(=O)NCc2ccc(-c3cccc(OC(F)(F)F)c3)cc21. The fraction of sp³-hybridized carbons (Fsp3) is 0.227. The van der Waals surface area contributed by atoms with Crippen LogP contribution >= 0.6 is 0 Å². The van der Waals surface area contributed by atoms with Gasteiger partial charge < -0.3 is 10.1 Å². The average molecular weight is 413 g/mol. The van der Waals surface area contributed by atoms with Crippen molar-refractivity contribution < 1.29 is 22.7 Å². The lowest BCUT2D eigenvalue weighted by Gasteiger charge is -2.35. The molecule has 30 heavy (non-hydrogen) atoms. The molecule has 0 radical (unpaired) electrons. The highest BCUT2D eigenvalue weighted by Crippen LogP contribution is 2.37. The van der Waals surface area contributed by atoms with Gasteiger partial charge in [0.25, 0.3) is 0 Å². The van der Waals surface area contributed by atoms with E-state index in [0.717, 1.165) is 16.7 Å². The van der Waals surface area contributed by atoms with Crippen LogP contribution < -0.4 is 10.1 Å². The van der Waals surface area contributed by atoms with Crippen LogP contribution in [-0.4, -0.2) is 22.2 Å². The summed E-state index contributed by atoms with van der Waals surface area (Å²) in [4.78, 5) is 20.9. The highest BCUT2D eigenvalue weighted by atomic mass is 19.4. The van der Waals surface area contributed by atoms with Crippen LogP contribution in [0.15, 0.2) is 61.2 Å². The normalized spacial score (nSPS) is 18.5. The first-order chi connectivity index (χ1) is 14.2. The molecule has 1 atom stereocenters. The van der Waals surface area contributed by atoms with Crippen LogP contribution in [0.5, 0.6) is 5.75 Å². The second-order valence-corrected chi connectivity index (χ2v) is 7.39. The summed E-state index contributed by atoms with van der Waals surface area (Å²) in [6.07, 6.45) is 0.397. The first kappa shape index (κ1) is 19.9. The number of halogens is 3. The van der Waals surface area contributed by atoms with Gasteiger partial charge in [-0.05, 0) is 59.4 Å². The molecule has 154 valence electrons. The van der Waals surface area contributed by atoms with E-state index in [0.29, 0.717) is 24.1 Å². The van der Waals surface area contributed by atoms with Crippen molar-refractivity contribution in [1.29, 1.82) is 0 Å². The van der Waals surface area contributed by atoms with E-state index in [9.17, 15) is 18.0 Å². The third-order valence-corrected chi connectivity index (χ3v) is 5.22. The van der Waals surface area contributed by atoms with Gasteiger partial charge in [0.15, 0.2) is 0 Å². The van der Waals surface area contributed by atoms with E-state index in [1.165, 1.54) is 24.5 Å². The summed E-state index contributed by atoms with van der Waals surface area (Å²) in [5.41, 5.74) is 3.00. The zero-order valence-corrected chi connectivity index (χ0v) is 16.0. The Balaban J connectivity index is 1.74. The number of carbonyl (C=O) groups excluding carboxylic acids is 1. The number of amides is 1. The van der Waals surface area contributed by atoms with Crippen LogP contribution in [0.4, 0.5) is 13.2 Å². The molecule has 1 unspecified atom stereocenters. The number of hydrogen-bond donors (Lipinski definition) is 1. The maximum Gasteiger partial charge on any atom is 0.573 e. The first-order valence-corrected chi connectivity index (χ1v) is 9.26. The van der Waals surface area contributed by atoms with Crippen LogP contribution in [-0.2, 0) is 23.2 Å². The van der Waals surface area contributed by atoms with E-state index < -0.39 is 11.8 Å². The van der Waals surface area contributed by atoms with Gasteiger partial charge >= 0.3 is 6.36 Å². The highest BCUT2D eigenvalue weighted by Gasteiger charge is 2.40. The van der Waals surface area contributed by atoms with E-state index in [1.807, 2.05) is 25.1 Å². The third-order valence-electron chi connectivity index (χ3n) is 5.22. The van der Waals surface area contributed by atoms with Crippen molar-refractivity contribution >= 4 is 5.91 Å². The fourth-order valence-electron chi connectivity index (χ4n) is 3.79. The predicted molar refractivity (Wildman–Crippen MR) is 103 cm³/mol. The molecule has 1 amide bonds. The molecule has 1 aromatic heterocycles. The molecule has 3 aromatic rings. The Morgan fingerprint density at radius 2 is 1.83 bits per heavy atom. The Kier molecular flexibility index (Phi) is 4.93. The van der Waals surface area contributed by atoms with Crippen molar-refractivity contribution in [1.82, 2.24) is 15.3 Å². The molecule has 0 saturated heterocycles. The monoisotopic (exact) mass is 413 g/mol. The van der Waals surface area contributed by atoms with Gasteiger partial charge in [0, 0.05) is 18.9 Å². The van der Waals surface area contributed by atoms with Crippen molar-refractivity contribution in [3.8, 4) is 16.9 Å². The Labute approximate surface area is 170 Å². The van der Waals surface area contributed by atoms with E-state index in [4.69, 9.17) is 0 Å². The van der Waals surface area contributed by atoms with Crippen molar-refractivity contribution in [3.63, 3.8) is 0 Å². The summed E-state index contributed by atoms with van der Waals surface area (Å²) < 4.78 is 41.8. The molecule has 8 heteroatoms. The van der Waals surface area contributed by atoms with Gasteiger partial charge in [0.2, 0.25) is 5.91 Å². The molecule has 2 heterocycles. The number of carbonyl (C=O) groups is 1. The van der Waals surface area contributed by atoms with E-state index in [2.05, 4.69) is 20.0 Å². The summed E-state index contributed by atoms with van der Waals surface area (Å²) in [7, 11) is 0. The van der Waals surface area contributed by atoms with Gasteiger partial charge in [0.05, 0.1) is 5.41 Å². The number of fused-ring (bicyclic) bond motifs is 1. The molecular weight excluding hydrogens is 395 g/mol. The Hall–Kier alpha value is -3.42. The summed E-state index contributed by atoms with van der Waals surface area (Å²) in [5.74, 6) is -0.412. The number of nitrogens with zero attached hydrogens (tertiary/aromatic N) is 2. The van der Waals surface area contributed by atoms with Crippen molar-refractivity contribution in [3.05, 3.63) is 77.9 Å². The molecule has 4 rings (SSSR count). The fourth-order valence-corrected chi connectivity index (χ4v) is 3.79. The number of ether oxygens (including phenoxy) is 1. The predicted octanol–water partition coefficient (Wildman–Crippen LogP) is 4.17. The quantitative estimate of drug-likeness (QED) is 0.697. The van der Waals surface area contributed by atoms with Crippen LogP contribution in [0.2, 0.25) is 0 Å². The summed E-state index contributed by atoms with van der Waals surface area (Å²) in [6.45, 7) is 2.24. The molecule has 0 saturated carbocycles. The second-order valence-electron chi connectivity index (χ2n) is 7.39. The van der Waals surface area contributed by atoms with Gasteiger partial charge in [-0.2, -0.15) is 0 Å². The molecule has 1 N–H and O–H groups in total. The molecule has 0 bridgehead atoms. The highest BCUT2D eigenvalue weighted by molar-refractivity contribution is 5.90. The standard InChI is InChI=1S/C22H18F3N3O2/c1-21(9-14-10-26-13-27-11-14)19-8-16(5-6-17(19)12-28-20(21)29)15-3-2-4-18(7-15)30-22(23,24)25/h2-8,10-11,13H,9,12H2,1H3,(H,28,29). The van der Waals surface area contributed by atoms with Crippen molar-refractivity contribution in [2.75, 3.05) is 0 Å². The zero-order valence-electron chi connectivity index (χ0n) is 16.0. The van der Waals surface area contributed by atoms with Crippen LogP contribution in [0.25, 0.3) is 11.1 Å². The van der Waals surface area contributed by atoms with E-state index in [-0.39, 0.29) is 11.7 Å². The van der Waals surface area contributed by atoms with Crippen LogP contribution in [0.3, 0.4) is 0 Å². The molecule has 5 nitrogen and oxygen atoms in total. The van der Waals surface area contributed by atoms with Gasteiger partial charge in [-0.1, -0.05) is 24.3 Å². The maximum atomic E-state index is 12.8. The van der Waals surface area contributed by atoms with Crippen molar-refractivity contribution in [2.45, 2.75) is 31.7 Å². The minimum absolute atomic E-state index is 0.120. The average Bonchev–Trinajstić information content (AvgIpc) is 2.71. The largest absolute Gasteiger partial charge is 0.573 e. The van der Waals surface area contributed by atoms with Crippen molar-refractivity contribution in [2.24, 2.45) is 0 Å². The maximum absolute atomic E-state index is 12.8. The zero-order chi connectivity index (χ0) is 21.4. The lowest BCUT2D eigenvalue weighted by Crippen LogP contribution is -2.48. The van der Waals surface area contributed by atoms with E-state index >= 15 is 0 Å². The number of nitrogens with one attached hydrogen (secondary N) is 1. The molecule has 2 aromatic carbocycles. The smallest absolute Gasteiger partial charge is 0.406 e. The van der Waals surface area contributed by atoms with E-state index in [1.54, 1.807) is 18.5 Å². The number of hydrogen-bond acceptors (Lipinski definition) is 4. The summed E-state index contributed by atoms with van der Waals surface area (Å²) >= 11 is 0. The summed E-state index contributed by atoms with van der Waals surface area (Å²) in [6, 6.07) is 11.4. The first-order valence-electron chi connectivity index (χ1n) is 9.26. The molecule has 1 aliphatic rings. The number of aromatic nitrogens is 2. The topological polar surface area (TPSA) is 64.1 Å². The molecular formula is C22H18F3N3O2. The number of alkyl halides is 3. The molecule has 1 aliphatic heterocycles. The molecule has 0 fully saturated rings. The minimum atomic E-state index is -4.76. The van der Waals surface area contributed by atoms with Gasteiger partial charge in [-0.3, -0.25) is 4.79 Å². The molecule has 0 spiro atoms. The Bertz CT molecular complexity index is 1090. The summed E-state index contributed by atoms with van der Waals surface area (Å²) in [5, 5.41) is 2.92. The number of rotatable bonds is 4. The number of benzene rings is 2. The Morgan fingerprint density at radius 1 is 1.10 bits per heavy atom.